The smallest absolute Gasteiger partial charge is 0.152 e. The van der Waals surface area contributed by atoms with E-state index in [9.17, 15) is 9.59 Å². The quantitative estimate of drug-likeness (QED) is 0.330. The lowest BCUT2D eigenvalue weighted by Gasteiger charge is -1.96. The number of unbranched alkanes of at least 4 members (excludes halogenated alkanes) is 4. The van der Waals surface area contributed by atoms with E-state index in [1.165, 1.54) is 19.8 Å². The van der Waals surface area contributed by atoms with Crippen molar-refractivity contribution in [3.05, 3.63) is 36.5 Å². The summed E-state index contributed by atoms with van der Waals surface area (Å²) in [6, 6.07) is 0. The number of Topliss-reactive ketones (excluding diaryl/α,β-unsaturated/α-hetero) is 1. The van der Waals surface area contributed by atoms with E-state index in [-0.39, 0.29) is 5.78 Å². The first-order valence-electron chi connectivity index (χ1n) is 6.63. The third-order valence-electron chi connectivity index (χ3n) is 2.45. The van der Waals surface area contributed by atoms with Crippen molar-refractivity contribution < 1.29 is 9.59 Å². The maximum absolute atomic E-state index is 10.7. The van der Waals surface area contributed by atoms with Crippen molar-refractivity contribution in [2.24, 2.45) is 0 Å². The molecule has 0 aromatic rings. The summed E-state index contributed by atoms with van der Waals surface area (Å²) in [4.78, 5) is 21.3. The van der Waals surface area contributed by atoms with Crippen LogP contribution in [0.5, 0.6) is 0 Å². The Morgan fingerprint density at radius 2 is 1.50 bits per heavy atom. The molecule has 2 nitrogen and oxygen atoms in total. The van der Waals surface area contributed by atoms with Crippen LogP contribution >= 0.6 is 0 Å². The highest BCUT2D eigenvalue weighted by molar-refractivity contribution is 5.87. The fourth-order valence-electron chi connectivity index (χ4n) is 1.48. The Labute approximate surface area is 110 Å². The minimum atomic E-state index is 0.0641. The van der Waals surface area contributed by atoms with Gasteiger partial charge >= 0.3 is 0 Å². The molecule has 0 radical (unpaired) electrons. The van der Waals surface area contributed by atoms with Gasteiger partial charge in [0.15, 0.2) is 5.78 Å². The summed E-state index contributed by atoms with van der Waals surface area (Å²) in [7, 11) is 0. The molecule has 0 amide bonds. The lowest BCUT2D eigenvalue weighted by molar-refractivity contribution is -0.117. The third kappa shape index (κ3) is 14.6. The first-order valence-corrected chi connectivity index (χ1v) is 6.63. The molecule has 0 saturated heterocycles. The molecule has 0 rings (SSSR count). The number of allylic oxidation sites excluding steroid dienone is 6. The summed E-state index contributed by atoms with van der Waals surface area (Å²) in [5.41, 5.74) is 0. The van der Waals surface area contributed by atoms with Crippen LogP contribution in [0.3, 0.4) is 0 Å². The Bertz CT molecular complexity index is 322. The third-order valence-corrected chi connectivity index (χ3v) is 2.45. The van der Waals surface area contributed by atoms with Crippen molar-refractivity contribution >= 4 is 11.6 Å². The second-order valence-corrected chi connectivity index (χ2v) is 4.44. The van der Waals surface area contributed by atoms with Gasteiger partial charge in [-0.15, -0.1) is 0 Å². The van der Waals surface area contributed by atoms with Crippen LogP contribution in [-0.4, -0.2) is 11.6 Å². The molecule has 0 aromatic carbocycles. The van der Waals surface area contributed by atoms with Gasteiger partial charge in [-0.1, -0.05) is 43.2 Å². The standard InChI is InChI=1S/C16H24O2/c1-15(17)13-11-9-7-5-3-4-6-8-10-12-14-16(2)18/h3,5,7,9,11,13H,4,6,8,10,12,14H2,1-2H3. The van der Waals surface area contributed by atoms with Gasteiger partial charge in [0.2, 0.25) is 0 Å². The molecule has 0 saturated carbocycles. The van der Waals surface area contributed by atoms with Crippen LogP contribution in [0.25, 0.3) is 0 Å². The predicted molar refractivity (Wildman–Crippen MR) is 76.5 cm³/mol. The molecule has 0 aliphatic rings. The van der Waals surface area contributed by atoms with Gasteiger partial charge in [0.25, 0.3) is 0 Å². The van der Waals surface area contributed by atoms with E-state index < -0.39 is 0 Å². The number of carbonyl (C=O) groups excluding carboxylic acids is 2. The largest absolute Gasteiger partial charge is 0.300 e. The second kappa shape index (κ2) is 12.0. The van der Waals surface area contributed by atoms with Crippen LogP contribution < -0.4 is 0 Å². The van der Waals surface area contributed by atoms with Gasteiger partial charge < -0.3 is 4.79 Å². The zero-order valence-corrected chi connectivity index (χ0v) is 11.5. The molecule has 0 atom stereocenters. The molecule has 0 spiro atoms. The Balaban J connectivity index is 3.38. The van der Waals surface area contributed by atoms with Gasteiger partial charge in [-0.3, -0.25) is 4.79 Å². The molecule has 0 unspecified atom stereocenters. The van der Waals surface area contributed by atoms with E-state index >= 15 is 0 Å². The summed E-state index contributed by atoms with van der Waals surface area (Å²) in [5.74, 6) is 0.354. The van der Waals surface area contributed by atoms with Gasteiger partial charge in [0, 0.05) is 6.42 Å². The molecule has 0 aliphatic carbocycles. The molecule has 2 heteroatoms. The Kier molecular flexibility index (Phi) is 11.1. The second-order valence-electron chi connectivity index (χ2n) is 4.44. The first-order chi connectivity index (χ1) is 8.63. The monoisotopic (exact) mass is 248 g/mol. The number of ketones is 2. The van der Waals surface area contributed by atoms with Crippen LogP contribution in [0.4, 0.5) is 0 Å². The molecular weight excluding hydrogens is 224 g/mol. The van der Waals surface area contributed by atoms with E-state index in [2.05, 4.69) is 6.08 Å². The van der Waals surface area contributed by atoms with Crippen molar-refractivity contribution in [3.63, 3.8) is 0 Å². The van der Waals surface area contributed by atoms with E-state index in [1.54, 1.807) is 19.1 Å². The van der Waals surface area contributed by atoms with Gasteiger partial charge in [-0.05, 0) is 39.2 Å². The molecule has 0 aliphatic heterocycles. The maximum atomic E-state index is 10.7. The van der Waals surface area contributed by atoms with Crippen molar-refractivity contribution in [1.29, 1.82) is 0 Å². The molecule has 0 heterocycles. The number of hydrogen-bond acceptors (Lipinski definition) is 2. The van der Waals surface area contributed by atoms with Crippen LogP contribution in [0.2, 0.25) is 0 Å². The maximum Gasteiger partial charge on any atom is 0.152 e. The Hall–Kier alpha value is -1.44. The lowest BCUT2D eigenvalue weighted by Crippen LogP contribution is -1.88. The first kappa shape index (κ1) is 16.6. The summed E-state index contributed by atoms with van der Waals surface area (Å²) in [6.07, 6.45) is 17.5. The number of hydrogen-bond donors (Lipinski definition) is 0. The van der Waals surface area contributed by atoms with Crippen molar-refractivity contribution in [1.82, 2.24) is 0 Å². The average Bonchev–Trinajstić information content (AvgIpc) is 2.29. The van der Waals surface area contributed by atoms with Crippen molar-refractivity contribution in [2.75, 3.05) is 0 Å². The van der Waals surface area contributed by atoms with E-state index in [0.29, 0.717) is 5.78 Å². The van der Waals surface area contributed by atoms with Gasteiger partial charge in [0.1, 0.15) is 5.78 Å². The van der Waals surface area contributed by atoms with E-state index in [1.807, 2.05) is 18.2 Å². The van der Waals surface area contributed by atoms with Gasteiger partial charge in [-0.25, -0.2) is 0 Å². The lowest BCUT2D eigenvalue weighted by atomic mass is 10.1. The zero-order chi connectivity index (χ0) is 13.6. The Morgan fingerprint density at radius 3 is 2.17 bits per heavy atom. The van der Waals surface area contributed by atoms with Crippen LogP contribution in [0, 0.1) is 0 Å². The molecule has 0 bridgehead atoms. The molecule has 0 aromatic heterocycles. The minimum Gasteiger partial charge on any atom is -0.300 e. The molecule has 18 heavy (non-hydrogen) atoms. The summed E-state index contributed by atoms with van der Waals surface area (Å²) >= 11 is 0. The zero-order valence-electron chi connectivity index (χ0n) is 11.5. The molecule has 0 fully saturated rings. The molecular formula is C16H24O2. The molecule has 100 valence electrons. The SMILES string of the molecule is CC(=O)C=CC=CC=CCCCCCCC(C)=O. The summed E-state index contributed by atoms with van der Waals surface area (Å²) < 4.78 is 0. The van der Waals surface area contributed by atoms with Crippen LogP contribution in [-0.2, 0) is 9.59 Å². The van der Waals surface area contributed by atoms with Crippen molar-refractivity contribution in [2.45, 2.75) is 52.4 Å². The topological polar surface area (TPSA) is 34.1 Å². The Morgan fingerprint density at radius 1 is 0.833 bits per heavy atom. The summed E-state index contributed by atoms with van der Waals surface area (Å²) in [5, 5.41) is 0. The highest BCUT2D eigenvalue weighted by Gasteiger charge is 1.92. The van der Waals surface area contributed by atoms with E-state index in [0.717, 1.165) is 25.7 Å². The minimum absolute atomic E-state index is 0.0641. The van der Waals surface area contributed by atoms with E-state index in [4.69, 9.17) is 0 Å². The number of rotatable bonds is 10. The molecule has 0 N–H and O–H groups in total. The highest BCUT2D eigenvalue weighted by atomic mass is 16.1. The average molecular weight is 248 g/mol. The predicted octanol–water partition coefficient (Wildman–Crippen LogP) is 4.17. The van der Waals surface area contributed by atoms with Crippen molar-refractivity contribution in [3.8, 4) is 0 Å². The van der Waals surface area contributed by atoms with Crippen LogP contribution in [0.1, 0.15) is 52.4 Å². The van der Waals surface area contributed by atoms with Gasteiger partial charge in [-0.2, -0.15) is 0 Å². The van der Waals surface area contributed by atoms with Gasteiger partial charge in [0.05, 0.1) is 0 Å². The number of carbonyl (C=O) groups is 2. The van der Waals surface area contributed by atoms with Crippen LogP contribution in [0.15, 0.2) is 36.5 Å². The normalized spacial score (nSPS) is 11.9. The summed E-state index contributed by atoms with van der Waals surface area (Å²) in [6.45, 7) is 3.18. The fourth-order valence-corrected chi connectivity index (χ4v) is 1.48. The fraction of sp³-hybridized carbons (Fsp3) is 0.500. The highest BCUT2D eigenvalue weighted by Crippen LogP contribution is 2.06.